The van der Waals surface area contributed by atoms with Crippen LogP contribution >= 0.6 is 28.3 Å². The number of nitrogens with one attached hydrogen (secondary N) is 1. The standard InChI is InChI=1S/C13H17BrN2O3.ClH/c1-8-6-10(4-5-11(8)14)15-12(17)7-16(3)9(2)13(18)19;/h4-6,9H,7H2,1-3H3,(H,15,17)(H,18,19);1H. The maximum Gasteiger partial charge on any atom is 0.320 e. The Hall–Kier alpha value is -1.11. The van der Waals surface area contributed by atoms with Gasteiger partial charge in [-0.25, -0.2) is 0 Å². The van der Waals surface area contributed by atoms with Gasteiger partial charge in [-0.05, 0) is 44.7 Å². The number of carboxylic acid groups (broad SMARTS) is 1. The molecule has 0 aliphatic heterocycles. The fourth-order valence-electron chi connectivity index (χ4n) is 1.47. The maximum absolute atomic E-state index is 11.8. The molecule has 1 atom stereocenters. The van der Waals surface area contributed by atoms with Crippen molar-refractivity contribution < 1.29 is 14.7 Å². The highest BCUT2D eigenvalue weighted by molar-refractivity contribution is 9.10. The third-order valence-electron chi connectivity index (χ3n) is 2.85. The van der Waals surface area contributed by atoms with Gasteiger partial charge in [0.1, 0.15) is 6.04 Å². The molecule has 1 amide bonds. The van der Waals surface area contributed by atoms with E-state index in [4.69, 9.17) is 5.11 Å². The van der Waals surface area contributed by atoms with Gasteiger partial charge in [-0.1, -0.05) is 15.9 Å². The Morgan fingerprint density at radius 1 is 1.45 bits per heavy atom. The zero-order valence-corrected chi connectivity index (χ0v) is 13.9. The highest BCUT2D eigenvalue weighted by Gasteiger charge is 2.19. The van der Waals surface area contributed by atoms with Crippen molar-refractivity contribution >= 4 is 45.9 Å². The van der Waals surface area contributed by atoms with Crippen LogP contribution in [0.1, 0.15) is 12.5 Å². The molecule has 112 valence electrons. The first kappa shape index (κ1) is 18.9. The Kier molecular flexibility index (Phi) is 7.78. The maximum atomic E-state index is 11.8. The highest BCUT2D eigenvalue weighted by Crippen LogP contribution is 2.19. The number of benzene rings is 1. The van der Waals surface area contributed by atoms with Crippen molar-refractivity contribution in [1.82, 2.24) is 4.90 Å². The molecule has 1 rings (SSSR count). The van der Waals surface area contributed by atoms with Gasteiger partial charge in [0.05, 0.1) is 6.54 Å². The van der Waals surface area contributed by atoms with E-state index in [9.17, 15) is 9.59 Å². The van der Waals surface area contributed by atoms with Crippen molar-refractivity contribution in [1.29, 1.82) is 0 Å². The van der Waals surface area contributed by atoms with E-state index in [2.05, 4.69) is 21.2 Å². The molecule has 0 spiro atoms. The summed E-state index contributed by atoms with van der Waals surface area (Å²) in [4.78, 5) is 24.0. The van der Waals surface area contributed by atoms with Crippen molar-refractivity contribution in [3.63, 3.8) is 0 Å². The molecule has 0 aliphatic carbocycles. The van der Waals surface area contributed by atoms with E-state index in [-0.39, 0.29) is 24.9 Å². The lowest BCUT2D eigenvalue weighted by molar-refractivity contribution is -0.142. The number of nitrogens with zero attached hydrogens (tertiary/aromatic N) is 1. The number of aliphatic carboxylic acids is 1. The van der Waals surface area contributed by atoms with Crippen LogP contribution in [-0.2, 0) is 9.59 Å². The van der Waals surface area contributed by atoms with Crippen LogP contribution in [-0.4, -0.2) is 41.5 Å². The van der Waals surface area contributed by atoms with E-state index in [0.717, 1.165) is 10.0 Å². The Morgan fingerprint density at radius 2 is 2.05 bits per heavy atom. The first-order valence-electron chi connectivity index (χ1n) is 5.80. The minimum atomic E-state index is -0.949. The molecular formula is C13H18BrClN2O3. The SMILES string of the molecule is Cc1cc(NC(=O)CN(C)C(C)C(=O)O)ccc1Br.Cl. The lowest BCUT2D eigenvalue weighted by Gasteiger charge is -2.20. The van der Waals surface area contributed by atoms with E-state index in [0.29, 0.717) is 5.69 Å². The fraction of sp³-hybridized carbons (Fsp3) is 0.385. The van der Waals surface area contributed by atoms with Gasteiger partial charge in [0.25, 0.3) is 0 Å². The normalized spacial score (nSPS) is 11.7. The second-order valence-corrected chi connectivity index (χ2v) is 5.30. The topological polar surface area (TPSA) is 69.6 Å². The minimum absolute atomic E-state index is 0. The van der Waals surface area contributed by atoms with E-state index >= 15 is 0 Å². The number of aryl methyl sites for hydroxylation is 1. The molecule has 0 saturated heterocycles. The largest absolute Gasteiger partial charge is 0.480 e. The summed E-state index contributed by atoms with van der Waals surface area (Å²) in [6.45, 7) is 3.50. The molecule has 1 unspecified atom stereocenters. The van der Waals surface area contributed by atoms with Crippen molar-refractivity contribution in [2.75, 3.05) is 18.9 Å². The predicted molar refractivity (Wildman–Crippen MR) is 84.5 cm³/mol. The summed E-state index contributed by atoms with van der Waals surface area (Å²) in [6, 6.07) is 4.80. The average molecular weight is 366 g/mol. The third-order valence-corrected chi connectivity index (χ3v) is 3.74. The molecule has 0 bridgehead atoms. The molecule has 0 fully saturated rings. The summed E-state index contributed by atoms with van der Waals surface area (Å²) in [5, 5.41) is 11.6. The second kappa shape index (κ2) is 8.24. The molecule has 0 heterocycles. The van der Waals surface area contributed by atoms with Crippen molar-refractivity contribution in [3.05, 3.63) is 28.2 Å². The molecule has 1 aromatic carbocycles. The summed E-state index contributed by atoms with van der Waals surface area (Å²) in [5.41, 5.74) is 1.71. The summed E-state index contributed by atoms with van der Waals surface area (Å²) in [5.74, 6) is -1.19. The zero-order valence-electron chi connectivity index (χ0n) is 11.5. The van der Waals surface area contributed by atoms with Crippen LogP contribution in [0.5, 0.6) is 0 Å². The van der Waals surface area contributed by atoms with Gasteiger partial charge in [0.15, 0.2) is 0 Å². The fourth-order valence-corrected chi connectivity index (χ4v) is 1.72. The van der Waals surface area contributed by atoms with Crippen molar-refractivity contribution in [3.8, 4) is 0 Å². The zero-order chi connectivity index (χ0) is 14.6. The summed E-state index contributed by atoms with van der Waals surface area (Å²) in [6.07, 6.45) is 0. The Labute approximate surface area is 132 Å². The van der Waals surface area contributed by atoms with Crippen LogP contribution < -0.4 is 5.32 Å². The van der Waals surface area contributed by atoms with E-state index in [1.165, 1.54) is 4.90 Å². The summed E-state index contributed by atoms with van der Waals surface area (Å²) in [7, 11) is 1.60. The van der Waals surface area contributed by atoms with Gasteiger partial charge in [0, 0.05) is 10.2 Å². The van der Waals surface area contributed by atoms with Gasteiger partial charge in [0.2, 0.25) is 5.91 Å². The molecule has 2 N–H and O–H groups in total. The molecule has 5 nitrogen and oxygen atoms in total. The van der Waals surface area contributed by atoms with Gasteiger partial charge < -0.3 is 10.4 Å². The Balaban J connectivity index is 0.00000361. The van der Waals surface area contributed by atoms with Crippen molar-refractivity contribution in [2.45, 2.75) is 19.9 Å². The predicted octanol–water partition coefficient (Wildman–Crippen LogP) is 2.52. The molecule has 0 saturated carbocycles. The van der Waals surface area contributed by atoms with Gasteiger partial charge in [-0.3, -0.25) is 14.5 Å². The quantitative estimate of drug-likeness (QED) is 0.841. The third kappa shape index (κ3) is 5.48. The first-order chi connectivity index (χ1) is 8.81. The highest BCUT2D eigenvalue weighted by atomic mass is 79.9. The molecule has 0 aliphatic rings. The number of likely N-dealkylation sites (N-methyl/N-ethyl adjacent to an activating group) is 1. The number of rotatable bonds is 5. The molecule has 20 heavy (non-hydrogen) atoms. The van der Waals surface area contributed by atoms with E-state index in [1.807, 2.05) is 19.1 Å². The molecule has 7 heteroatoms. The van der Waals surface area contributed by atoms with Gasteiger partial charge in [-0.15, -0.1) is 12.4 Å². The van der Waals surface area contributed by atoms with E-state index in [1.54, 1.807) is 20.0 Å². The van der Waals surface area contributed by atoms with E-state index < -0.39 is 12.0 Å². The summed E-state index contributed by atoms with van der Waals surface area (Å²) >= 11 is 3.38. The Morgan fingerprint density at radius 3 is 2.55 bits per heavy atom. The lowest BCUT2D eigenvalue weighted by atomic mass is 10.2. The smallest absolute Gasteiger partial charge is 0.320 e. The molecule has 1 aromatic rings. The Bertz CT molecular complexity index is 497. The number of amides is 1. The van der Waals surface area contributed by atoms with Crippen molar-refractivity contribution in [2.24, 2.45) is 0 Å². The number of carbonyl (C=O) groups excluding carboxylic acids is 1. The number of halogens is 2. The number of carboxylic acids is 1. The van der Waals surface area contributed by atoms with Crippen LogP contribution in [0, 0.1) is 6.92 Å². The average Bonchev–Trinajstić information content (AvgIpc) is 2.32. The monoisotopic (exact) mass is 364 g/mol. The second-order valence-electron chi connectivity index (χ2n) is 4.44. The number of hydrogen-bond acceptors (Lipinski definition) is 3. The molecule has 0 aromatic heterocycles. The lowest BCUT2D eigenvalue weighted by Crippen LogP contribution is -2.40. The van der Waals surface area contributed by atoms with Crippen LogP contribution in [0.25, 0.3) is 0 Å². The van der Waals surface area contributed by atoms with Crippen LogP contribution in [0.15, 0.2) is 22.7 Å². The number of carbonyl (C=O) groups is 2. The number of anilines is 1. The summed E-state index contributed by atoms with van der Waals surface area (Å²) < 4.78 is 0.974. The number of hydrogen-bond donors (Lipinski definition) is 2. The first-order valence-corrected chi connectivity index (χ1v) is 6.59. The molecule has 0 radical (unpaired) electrons. The van der Waals surface area contributed by atoms with Crippen LogP contribution in [0.3, 0.4) is 0 Å². The minimum Gasteiger partial charge on any atom is -0.480 e. The van der Waals surface area contributed by atoms with Gasteiger partial charge >= 0.3 is 5.97 Å². The van der Waals surface area contributed by atoms with Gasteiger partial charge in [-0.2, -0.15) is 0 Å². The van der Waals surface area contributed by atoms with Crippen LogP contribution in [0.2, 0.25) is 0 Å². The molecular weight excluding hydrogens is 348 g/mol. The van der Waals surface area contributed by atoms with Crippen LogP contribution in [0.4, 0.5) is 5.69 Å².